The number of hydrogen-bond donors (Lipinski definition) is 2. The maximum Gasteiger partial charge on any atom is 0.225 e. The van der Waals surface area contributed by atoms with Crippen LogP contribution in [0, 0.1) is 5.92 Å². The predicted octanol–water partition coefficient (Wildman–Crippen LogP) is 2.14. The van der Waals surface area contributed by atoms with Crippen molar-refractivity contribution in [2.75, 3.05) is 38.1 Å². The summed E-state index contributed by atoms with van der Waals surface area (Å²) in [6.45, 7) is 4.55. The van der Waals surface area contributed by atoms with E-state index >= 15 is 0 Å². The van der Waals surface area contributed by atoms with Crippen LogP contribution in [-0.2, 0) is 11.3 Å². The number of anilines is 1. The van der Waals surface area contributed by atoms with Crippen molar-refractivity contribution < 1.29 is 4.79 Å². The molecular formula is C22H34N6O. The molecule has 1 unspecified atom stereocenters. The number of rotatable bonds is 5. The summed E-state index contributed by atoms with van der Waals surface area (Å²) in [5.41, 5.74) is 1.14. The lowest BCUT2D eigenvalue weighted by Crippen LogP contribution is -2.45. The number of carbonyl (C=O) groups is 1. The standard InChI is InChI=1S/C22H34N6O/c1-23-22(25-15-17-8-9-20(24-14-17)27-11-4-5-12-27)26-19-10-13-28(16-19)21(29)18-6-2-3-7-18/h8-9,14,18-19H,2-7,10-13,15-16H2,1H3,(H2,23,25,26). The molecule has 1 saturated carbocycles. The Kier molecular flexibility index (Phi) is 6.52. The van der Waals surface area contributed by atoms with E-state index in [1.54, 1.807) is 7.05 Å². The molecule has 7 heteroatoms. The summed E-state index contributed by atoms with van der Waals surface area (Å²) in [4.78, 5) is 26.0. The molecule has 3 aliphatic rings. The summed E-state index contributed by atoms with van der Waals surface area (Å²) in [6, 6.07) is 4.52. The van der Waals surface area contributed by atoms with Gasteiger partial charge in [-0.25, -0.2) is 4.98 Å². The van der Waals surface area contributed by atoms with Crippen LogP contribution < -0.4 is 15.5 Å². The van der Waals surface area contributed by atoms with E-state index in [0.29, 0.717) is 12.5 Å². The zero-order valence-corrected chi connectivity index (χ0v) is 17.6. The third-order valence-corrected chi connectivity index (χ3v) is 6.47. The van der Waals surface area contributed by atoms with Gasteiger partial charge < -0.3 is 20.4 Å². The highest BCUT2D eigenvalue weighted by Crippen LogP contribution is 2.27. The van der Waals surface area contributed by atoms with E-state index in [2.05, 4.69) is 37.6 Å². The fourth-order valence-corrected chi connectivity index (χ4v) is 4.74. The molecule has 3 fully saturated rings. The van der Waals surface area contributed by atoms with Crippen LogP contribution >= 0.6 is 0 Å². The smallest absolute Gasteiger partial charge is 0.225 e. The largest absolute Gasteiger partial charge is 0.357 e. The molecule has 0 spiro atoms. The van der Waals surface area contributed by atoms with Gasteiger partial charge in [0.2, 0.25) is 5.91 Å². The summed E-state index contributed by atoms with van der Waals surface area (Å²) >= 11 is 0. The molecule has 0 radical (unpaired) electrons. The lowest BCUT2D eigenvalue weighted by molar-refractivity contribution is -0.134. The third kappa shape index (κ3) is 5.00. The SMILES string of the molecule is CN=C(NCc1ccc(N2CCCC2)nc1)NC1CCN(C(=O)C2CCCC2)C1. The maximum atomic E-state index is 12.6. The Morgan fingerprint density at radius 1 is 1.14 bits per heavy atom. The summed E-state index contributed by atoms with van der Waals surface area (Å²) < 4.78 is 0. The first-order valence-electron chi connectivity index (χ1n) is 11.2. The van der Waals surface area contributed by atoms with Gasteiger partial charge in [0.1, 0.15) is 5.82 Å². The molecule has 2 N–H and O–H groups in total. The molecule has 1 aromatic rings. The number of hydrogen-bond acceptors (Lipinski definition) is 4. The number of guanidine groups is 1. The molecule has 1 amide bonds. The molecule has 2 aliphatic heterocycles. The van der Waals surface area contributed by atoms with Crippen molar-refractivity contribution in [3.63, 3.8) is 0 Å². The first kappa shape index (κ1) is 20.0. The van der Waals surface area contributed by atoms with E-state index in [-0.39, 0.29) is 12.0 Å². The van der Waals surface area contributed by atoms with Crippen molar-refractivity contribution >= 4 is 17.7 Å². The van der Waals surface area contributed by atoms with Crippen LogP contribution in [0.4, 0.5) is 5.82 Å². The lowest BCUT2D eigenvalue weighted by Gasteiger charge is -2.21. The Labute approximate surface area is 174 Å². The third-order valence-electron chi connectivity index (χ3n) is 6.47. The van der Waals surface area contributed by atoms with Gasteiger partial charge in [-0.2, -0.15) is 0 Å². The monoisotopic (exact) mass is 398 g/mol. The number of nitrogens with one attached hydrogen (secondary N) is 2. The van der Waals surface area contributed by atoms with Gasteiger partial charge in [0.15, 0.2) is 5.96 Å². The Bertz CT molecular complexity index is 707. The van der Waals surface area contributed by atoms with Crippen LogP contribution in [0.3, 0.4) is 0 Å². The second-order valence-electron chi connectivity index (χ2n) is 8.54. The summed E-state index contributed by atoms with van der Waals surface area (Å²) in [6.07, 6.45) is 10.0. The summed E-state index contributed by atoms with van der Waals surface area (Å²) in [5, 5.41) is 6.87. The second-order valence-corrected chi connectivity index (χ2v) is 8.54. The van der Waals surface area contributed by atoms with Crippen LogP contribution in [0.2, 0.25) is 0 Å². The zero-order valence-electron chi connectivity index (χ0n) is 17.6. The Hall–Kier alpha value is -2.31. The van der Waals surface area contributed by atoms with Gasteiger partial charge in [0.05, 0.1) is 0 Å². The van der Waals surface area contributed by atoms with E-state index < -0.39 is 0 Å². The van der Waals surface area contributed by atoms with Gasteiger partial charge in [-0.05, 0) is 43.7 Å². The fourth-order valence-electron chi connectivity index (χ4n) is 4.74. The minimum Gasteiger partial charge on any atom is -0.357 e. The van der Waals surface area contributed by atoms with Gasteiger partial charge >= 0.3 is 0 Å². The van der Waals surface area contributed by atoms with Gasteiger partial charge in [0.25, 0.3) is 0 Å². The maximum absolute atomic E-state index is 12.6. The Morgan fingerprint density at radius 2 is 1.93 bits per heavy atom. The number of amides is 1. The minimum atomic E-state index is 0.266. The zero-order chi connectivity index (χ0) is 20.1. The molecule has 0 bridgehead atoms. The Morgan fingerprint density at radius 3 is 2.62 bits per heavy atom. The molecule has 1 aromatic heterocycles. The normalized spacial score (nSPS) is 23.1. The highest BCUT2D eigenvalue weighted by atomic mass is 16.2. The van der Waals surface area contributed by atoms with Crippen molar-refractivity contribution in [3.05, 3.63) is 23.9 Å². The van der Waals surface area contributed by atoms with Crippen LogP contribution in [0.5, 0.6) is 0 Å². The van der Waals surface area contributed by atoms with Crippen LogP contribution in [0.1, 0.15) is 50.5 Å². The molecule has 7 nitrogen and oxygen atoms in total. The van der Waals surface area contributed by atoms with Crippen LogP contribution in [0.15, 0.2) is 23.3 Å². The number of pyridine rings is 1. The number of likely N-dealkylation sites (tertiary alicyclic amines) is 1. The predicted molar refractivity (Wildman–Crippen MR) is 116 cm³/mol. The van der Waals surface area contributed by atoms with Crippen LogP contribution in [-0.4, -0.2) is 61.0 Å². The number of carbonyl (C=O) groups excluding carboxylic acids is 1. The van der Waals surface area contributed by atoms with E-state index in [9.17, 15) is 4.79 Å². The highest BCUT2D eigenvalue weighted by Gasteiger charge is 2.32. The van der Waals surface area contributed by atoms with Crippen molar-refractivity contribution in [3.8, 4) is 0 Å². The highest BCUT2D eigenvalue weighted by molar-refractivity contribution is 5.81. The van der Waals surface area contributed by atoms with E-state index in [1.807, 2.05) is 11.1 Å². The minimum absolute atomic E-state index is 0.266. The second kappa shape index (κ2) is 9.46. The number of nitrogens with zero attached hydrogens (tertiary/aromatic N) is 4. The van der Waals surface area contributed by atoms with E-state index in [0.717, 1.165) is 62.8 Å². The molecule has 3 heterocycles. The molecule has 2 saturated heterocycles. The van der Waals surface area contributed by atoms with E-state index in [4.69, 9.17) is 0 Å². The first-order valence-corrected chi connectivity index (χ1v) is 11.2. The molecular weight excluding hydrogens is 364 g/mol. The quantitative estimate of drug-likeness (QED) is 0.587. The van der Waals surface area contributed by atoms with Crippen molar-refractivity contribution in [2.24, 2.45) is 10.9 Å². The topological polar surface area (TPSA) is 72.9 Å². The summed E-state index contributed by atoms with van der Waals surface area (Å²) in [7, 11) is 1.79. The van der Waals surface area contributed by atoms with Gasteiger partial charge in [-0.15, -0.1) is 0 Å². The molecule has 4 rings (SSSR count). The van der Waals surface area contributed by atoms with Gasteiger partial charge in [-0.3, -0.25) is 9.79 Å². The first-order chi connectivity index (χ1) is 14.2. The molecule has 1 atom stereocenters. The van der Waals surface area contributed by atoms with Crippen molar-refractivity contribution in [2.45, 2.75) is 57.5 Å². The van der Waals surface area contributed by atoms with Crippen molar-refractivity contribution in [1.29, 1.82) is 0 Å². The molecule has 0 aromatic carbocycles. The molecule has 158 valence electrons. The average molecular weight is 399 g/mol. The fraction of sp³-hybridized carbons (Fsp3) is 0.682. The van der Waals surface area contributed by atoms with E-state index in [1.165, 1.54) is 25.7 Å². The number of aromatic nitrogens is 1. The average Bonchev–Trinajstić information content (AvgIpc) is 3.53. The number of aliphatic imine (C=N–C) groups is 1. The van der Waals surface area contributed by atoms with Crippen molar-refractivity contribution in [1.82, 2.24) is 20.5 Å². The Balaban J connectivity index is 1.23. The molecule has 29 heavy (non-hydrogen) atoms. The lowest BCUT2D eigenvalue weighted by atomic mass is 10.1. The summed E-state index contributed by atoms with van der Waals surface area (Å²) in [5.74, 6) is 2.49. The van der Waals surface area contributed by atoms with Gasteiger partial charge in [0, 0.05) is 57.9 Å². The van der Waals surface area contributed by atoms with Gasteiger partial charge in [-0.1, -0.05) is 18.9 Å². The molecule has 1 aliphatic carbocycles. The van der Waals surface area contributed by atoms with Crippen LogP contribution in [0.25, 0.3) is 0 Å².